The predicted molar refractivity (Wildman–Crippen MR) is 46.1 cm³/mol. The van der Waals surface area contributed by atoms with Gasteiger partial charge < -0.3 is 0 Å². The van der Waals surface area contributed by atoms with Crippen LogP contribution >= 0.6 is 0 Å². The molecule has 0 unspecified atom stereocenters. The molecule has 2 bridgehead atoms. The molecule has 2 heterocycles. The quantitative estimate of drug-likeness (QED) is 0.524. The van der Waals surface area contributed by atoms with Crippen LogP contribution in [0.15, 0.2) is 48.4 Å². The molecule has 0 fully saturated rings. The van der Waals surface area contributed by atoms with E-state index in [4.69, 9.17) is 5.73 Å². The van der Waals surface area contributed by atoms with Crippen molar-refractivity contribution in [1.29, 1.82) is 0 Å². The molecule has 0 spiro atoms. The molecule has 3 heteroatoms. The van der Waals surface area contributed by atoms with Gasteiger partial charge in [-0.25, -0.2) is 0 Å². The third kappa shape index (κ3) is 1.50. The Labute approximate surface area is 81.5 Å². The summed E-state index contributed by atoms with van der Waals surface area (Å²) in [6, 6.07) is 0. The van der Waals surface area contributed by atoms with Crippen molar-refractivity contribution in [3.05, 3.63) is 43.4 Å². The van der Waals surface area contributed by atoms with Crippen molar-refractivity contribution in [3.63, 3.8) is 0 Å². The van der Waals surface area contributed by atoms with E-state index in [0.29, 0.717) is 0 Å². The van der Waals surface area contributed by atoms with E-state index in [9.17, 15) is 0 Å². The second-order valence-corrected chi connectivity index (χ2v) is 5.36. The predicted octanol–water partition coefficient (Wildman–Crippen LogP) is -1.70. The second kappa shape index (κ2) is 3.26. The van der Waals surface area contributed by atoms with Crippen LogP contribution in [-0.2, 0) is 0 Å². The monoisotopic (exact) mass is 271 g/mol. The Morgan fingerprint density at radius 3 is 3.00 bits per heavy atom. The van der Waals surface area contributed by atoms with Crippen LogP contribution in [0.3, 0.4) is 0 Å². The molecule has 0 aromatic rings. The first-order valence-corrected chi connectivity index (χ1v) is 5.75. The molecule has 2 nitrogen and oxygen atoms in total. The van der Waals surface area contributed by atoms with Crippen molar-refractivity contribution >= 4 is 6.21 Å². The van der Waals surface area contributed by atoms with Gasteiger partial charge in [-0.2, -0.15) is 0 Å². The van der Waals surface area contributed by atoms with Gasteiger partial charge in [0.15, 0.2) is 0 Å². The number of aliphatic imine (C=N–C) groups is 1. The minimum absolute atomic E-state index is 0.105. The van der Waals surface area contributed by atoms with E-state index in [0.717, 1.165) is 5.70 Å². The van der Waals surface area contributed by atoms with Gasteiger partial charge in [0.1, 0.15) is 0 Å². The van der Waals surface area contributed by atoms with Gasteiger partial charge in [-0.3, -0.25) is 0 Å². The summed E-state index contributed by atoms with van der Waals surface area (Å²) < 4.78 is 2.57. The third-order valence-corrected chi connectivity index (χ3v) is 4.33. The summed E-state index contributed by atoms with van der Waals surface area (Å²) in [6.45, 7) is 0. The van der Waals surface area contributed by atoms with E-state index in [-0.39, 0.29) is 21.2 Å². The molecule has 0 aromatic heterocycles. The fraction of sp³-hybridized carbons (Fsp3) is 0. The summed E-state index contributed by atoms with van der Waals surface area (Å²) in [5, 5.41) is 0. The summed E-state index contributed by atoms with van der Waals surface area (Å²) in [5.74, 6) is 0. The molecular weight excluding hydrogens is 263 g/mol. The molecule has 0 atom stereocenters. The third-order valence-electron chi connectivity index (χ3n) is 1.51. The van der Waals surface area contributed by atoms with E-state index < -0.39 is 0 Å². The number of halogens is 1. The Hall–Kier alpha value is -0.840. The van der Waals surface area contributed by atoms with E-state index >= 15 is 0 Å². The Kier molecular flexibility index (Phi) is 2.12. The molecular formula is C9H8IN2-. The molecule has 2 rings (SSSR count). The van der Waals surface area contributed by atoms with Crippen LogP contribution in [0, 0.1) is 0 Å². The Bertz CT molecular complexity index is 346. The molecule has 12 heavy (non-hydrogen) atoms. The standard InChI is InChI=1S/C9H8IN2/c11-9-6-12-5-7-3-1-2-4-8(9)10-7/h1-6H,11H2/q-1. The van der Waals surface area contributed by atoms with Crippen LogP contribution < -0.4 is 26.9 Å². The fourth-order valence-electron chi connectivity index (χ4n) is 0.937. The summed E-state index contributed by atoms with van der Waals surface area (Å²) in [5.41, 5.74) is 6.61. The van der Waals surface area contributed by atoms with Crippen molar-refractivity contribution < 1.29 is 21.2 Å². The van der Waals surface area contributed by atoms with E-state index in [1.54, 1.807) is 6.20 Å². The normalized spacial score (nSPS) is 21.2. The van der Waals surface area contributed by atoms with Gasteiger partial charge in [0.25, 0.3) is 0 Å². The Morgan fingerprint density at radius 1 is 1.25 bits per heavy atom. The molecule has 2 aliphatic rings. The van der Waals surface area contributed by atoms with Crippen molar-refractivity contribution in [3.8, 4) is 0 Å². The molecule has 2 N–H and O–H groups in total. The number of nitrogens with two attached hydrogens (primary N) is 1. The van der Waals surface area contributed by atoms with Crippen LogP contribution in [0.25, 0.3) is 0 Å². The van der Waals surface area contributed by atoms with Crippen LogP contribution in [0.4, 0.5) is 0 Å². The Morgan fingerprint density at radius 2 is 2.08 bits per heavy atom. The van der Waals surface area contributed by atoms with E-state index in [1.165, 1.54) is 7.16 Å². The summed E-state index contributed by atoms with van der Waals surface area (Å²) in [4.78, 5) is 4.11. The van der Waals surface area contributed by atoms with Gasteiger partial charge in [0.2, 0.25) is 0 Å². The minimum atomic E-state index is -0.105. The maximum absolute atomic E-state index is 5.80. The van der Waals surface area contributed by atoms with Crippen LogP contribution in [0.2, 0.25) is 0 Å². The van der Waals surface area contributed by atoms with Gasteiger partial charge in [0.05, 0.1) is 0 Å². The van der Waals surface area contributed by atoms with Crippen molar-refractivity contribution in [2.75, 3.05) is 0 Å². The number of fused-ring (bicyclic) bond motifs is 2. The van der Waals surface area contributed by atoms with Gasteiger partial charge in [-0.1, -0.05) is 0 Å². The number of hydrogen-bond acceptors (Lipinski definition) is 2. The number of allylic oxidation sites excluding steroid dienone is 6. The molecule has 2 aliphatic heterocycles. The first-order valence-electron chi connectivity index (χ1n) is 3.59. The summed E-state index contributed by atoms with van der Waals surface area (Å²) in [7, 11) is 0. The van der Waals surface area contributed by atoms with Crippen LogP contribution in [-0.4, -0.2) is 6.21 Å². The fourth-order valence-corrected chi connectivity index (χ4v) is 3.13. The maximum atomic E-state index is 5.80. The van der Waals surface area contributed by atoms with Crippen LogP contribution in [0.5, 0.6) is 0 Å². The molecule has 0 aliphatic carbocycles. The van der Waals surface area contributed by atoms with Crippen molar-refractivity contribution in [2.45, 2.75) is 0 Å². The average molecular weight is 271 g/mol. The van der Waals surface area contributed by atoms with E-state index in [1.807, 2.05) is 18.4 Å². The van der Waals surface area contributed by atoms with Crippen molar-refractivity contribution in [1.82, 2.24) is 0 Å². The summed E-state index contributed by atoms with van der Waals surface area (Å²) >= 11 is -0.105. The topological polar surface area (TPSA) is 38.4 Å². The van der Waals surface area contributed by atoms with Gasteiger partial charge in [-0.15, -0.1) is 0 Å². The molecule has 62 valence electrons. The zero-order valence-electron chi connectivity index (χ0n) is 6.37. The molecule has 0 saturated carbocycles. The molecule has 0 saturated heterocycles. The number of hydrogen-bond donors (Lipinski definition) is 1. The van der Waals surface area contributed by atoms with Crippen molar-refractivity contribution in [2.24, 2.45) is 10.7 Å². The molecule has 0 aromatic carbocycles. The van der Waals surface area contributed by atoms with Gasteiger partial charge in [0, 0.05) is 0 Å². The SMILES string of the molecule is NC1=CN=CC2=CC=CC=C1[I-]2. The van der Waals surface area contributed by atoms with Gasteiger partial charge >= 0.3 is 81.5 Å². The zero-order valence-corrected chi connectivity index (χ0v) is 8.52. The average Bonchev–Trinajstić information content (AvgIpc) is 2.38. The first kappa shape index (κ1) is 7.79. The number of nitrogens with zero attached hydrogens (tertiary/aromatic N) is 1. The number of rotatable bonds is 0. The zero-order chi connectivity index (χ0) is 8.39. The molecule has 0 amide bonds. The van der Waals surface area contributed by atoms with Crippen LogP contribution in [0.1, 0.15) is 0 Å². The first-order chi connectivity index (χ1) is 5.86. The summed E-state index contributed by atoms with van der Waals surface area (Å²) in [6.07, 6.45) is 11.9. The van der Waals surface area contributed by atoms with E-state index in [2.05, 4.69) is 17.1 Å². The second-order valence-electron chi connectivity index (χ2n) is 2.41. The Balaban J connectivity index is 2.49. The molecule has 0 radical (unpaired) electrons. The van der Waals surface area contributed by atoms with Gasteiger partial charge in [-0.05, 0) is 0 Å².